The van der Waals surface area contributed by atoms with Crippen molar-refractivity contribution in [3.05, 3.63) is 36.0 Å². The van der Waals surface area contributed by atoms with Gasteiger partial charge in [0.15, 0.2) is 17.0 Å². The number of H-pyrrole nitrogens is 1. The molecule has 0 saturated heterocycles. The van der Waals surface area contributed by atoms with Crippen molar-refractivity contribution in [3.8, 4) is 6.07 Å². The maximum atomic E-state index is 11.7. The normalized spacial score (nSPS) is 11.2. The molecule has 0 aliphatic carbocycles. The van der Waals surface area contributed by atoms with Crippen LogP contribution in [0.2, 0.25) is 0 Å². The predicted octanol–water partition coefficient (Wildman–Crippen LogP) is 2.40. The minimum Gasteiger partial charge on any atom is -0.361 e. The Morgan fingerprint density at radius 1 is 1.26 bits per heavy atom. The zero-order valence-corrected chi connectivity index (χ0v) is 10.9. The van der Waals surface area contributed by atoms with E-state index in [0.29, 0.717) is 0 Å². The number of fused-ring (bicyclic) bond motifs is 1. The van der Waals surface area contributed by atoms with Gasteiger partial charge in [-0.25, -0.2) is 0 Å². The quantitative estimate of drug-likeness (QED) is 0.851. The van der Waals surface area contributed by atoms with Crippen molar-refractivity contribution >= 4 is 22.5 Å². The van der Waals surface area contributed by atoms with Crippen molar-refractivity contribution in [3.63, 3.8) is 0 Å². The summed E-state index contributed by atoms with van der Waals surface area (Å²) in [5.41, 5.74) is 0.157. The maximum Gasteiger partial charge on any atom is 0.177 e. The number of rotatable bonds is 4. The molecule has 0 unspecified atom stereocenters. The minimum atomic E-state index is -1.58. The summed E-state index contributed by atoms with van der Waals surface area (Å²) in [7, 11) is 0. The fourth-order valence-electron chi connectivity index (χ4n) is 2.26. The number of hydrogen-bond donors (Lipinski definition) is 1. The Morgan fingerprint density at radius 3 is 2.47 bits per heavy atom. The highest BCUT2D eigenvalue weighted by Crippen LogP contribution is 2.29. The van der Waals surface area contributed by atoms with Gasteiger partial charge < -0.3 is 4.98 Å². The third-order valence-electron chi connectivity index (χ3n) is 3.52. The van der Waals surface area contributed by atoms with Crippen LogP contribution in [0.5, 0.6) is 0 Å². The molecule has 0 fully saturated rings. The van der Waals surface area contributed by atoms with E-state index in [4.69, 9.17) is 0 Å². The van der Waals surface area contributed by atoms with Gasteiger partial charge in [-0.2, -0.15) is 5.26 Å². The number of benzene rings is 1. The van der Waals surface area contributed by atoms with Crippen LogP contribution in [0.4, 0.5) is 0 Å². The molecule has 0 saturated carbocycles. The Bertz CT molecular complexity index is 677. The first-order valence-electron chi connectivity index (χ1n) is 5.99. The Morgan fingerprint density at radius 2 is 1.89 bits per heavy atom. The standard InChI is InChI=1S/C15H14N2O2/c1-10(18)15(9-16,11(2)19)7-12-8-17-14-6-4-3-5-13(12)14/h3-6,8,17H,7H2,1-2H3. The zero-order valence-electron chi connectivity index (χ0n) is 10.9. The van der Waals surface area contributed by atoms with Crippen LogP contribution in [0.3, 0.4) is 0 Å². The van der Waals surface area contributed by atoms with Gasteiger partial charge in [0.05, 0.1) is 6.07 Å². The summed E-state index contributed by atoms with van der Waals surface area (Å²) in [5.74, 6) is -0.819. The van der Waals surface area contributed by atoms with Crippen molar-refractivity contribution in [1.82, 2.24) is 4.98 Å². The van der Waals surface area contributed by atoms with Crippen LogP contribution in [0, 0.1) is 16.7 Å². The molecule has 0 bridgehead atoms. The van der Waals surface area contributed by atoms with Crippen molar-refractivity contribution in [2.24, 2.45) is 5.41 Å². The molecule has 0 amide bonds. The maximum absolute atomic E-state index is 11.7. The molecule has 0 atom stereocenters. The fraction of sp³-hybridized carbons (Fsp3) is 0.267. The summed E-state index contributed by atoms with van der Waals surface area (Å²) in [5, 5.41) is 10.2. The molecule has 2 rings (SSSR count). The van der Waals surface area contributed by atoms with Gasteiger partial charge in [-0.15, -0.1) is 0 Å². The predicted molar refractivity (Wildman–Crippen MR) is 71.4 cm³/mol. The number of nitriles is 1. The topological polar surface area (TPSA) is 73.7 Å². The SMILES string of the molecule is CC(=O)C(C#N)(Cc1c[nH]c2ccccc12)C(C)=O. The van der Waals surface area contributed by atoms with Crippen molar-refractivity contribution in [2.45, 2.75) is 20.3 Å². The molecule has 4 heteroatoms. The van der Waals surface area contributed by atoms with E-state index >= 15 is 0 Å². The van der Waals surface area contributed by atoms with E-state index in [1.165, 1.54) is 13.8 Å². The van der Waals surface area contributed by atoms with Crippen LogP contribution in [0.25, 0.3) is 10.9 Å². The minimum absolute atomic E-state index is 0.109. The van der Waals surface area contributed by atoms with Crippen LogP contribution >= 0.6 is 0 Å². The second-order valence-corrected chi connectivity index (χ2v) is 4.67. The number of aromatic nitrogens is 1. The summed E-state index contributed by atoms with van der Waals surface area (Å²) < 4.78 is 0. The largest absolute Gasteiger partial charge is 0.361 e. The second kappa shape index (κ2) is 4.69. The Hall–Kier alpha value is -2.41. The highest BCUT2D eigenvalue weighted by molar-refractivity contribution is 6.08. The lowest BCUT2D eigenvalue weighted by Crippen LogP contribution is -2.37. The summed E-state index contributed by atoms with van der Waals surface area (Å²) in [6.07, 6.45) is 1.86. The molecule has 2 aromatic rings. The van der Waals surface area contributed by atoms with E-state index in [9.17, 15) is 14.9 Å². The monoisotopic (exact) mass is 254 g/mol. The van der Waals surface area contributed by atoms with E-state index in [-0.39, 0.29) is 6.42 Å². The summed E-state index contributed by atoms with van der Waals surface area (Å²) in [6.45, 7) is 2.58. The molecule has 0 aliphatic heterocycles. The van der Waals surface area contributed by atoms with Gasteiger partial charge in [0.1, 0.15) is 0 Å². The molecule has 1 heterocycles. The average Bonchev–Trinajstić information content (AvgIpc) is 2.78. The Kier molecular flexibility index (Phi) is 3.22. The van der Waals surface area contributed by atoms with E-state index in [1.807, 2.05) is 30.3 Å². The molecule has 0 radical (unpaired) electrons. The number of hydrogen-bond acceptors (Lipinski definition) is 3. The molecule has 1 aromatic heterocycles. The van der Waals surface area contributed by atoms with Crippen molar-refractivity contribution < 1.29 is 9.59 Å². The molecule has 96 valence electrons. The summed E-state index contributed by atoms with van der Waals surface area (Å²) in [4.78, 5) is 26.6. The number of Topliss-reactive ketones (excluding diaryl/α,β-unsaturated/α-hetero) is 2. The van der Waals surface area contributed by atoms with E-state index in [1.54, 1.807) is 6.20 Å². The van der Waals surface area contributed by atoms with Gasteiger partial charge in [0.2, 0.25) is 0 Å². The van der Waals surface area contributed by atoms with Gasteiger partial charge >= 0.3 is 0 Å². The van der Waals surface area contributed by atoms with E-state index in [0.717, 1.165) is 16.5 Å². The first-order valence-corrected chi connectivity index (χ1v) is 5.99. The molecular weight excluding hydrogens is 240 g/mol. The first kappa shape index (κ1) is 13.0. The molecule has 19 heavy (non-hydrogen) atoms. The number of carbonyl (C=O) groups excluding carboxylic acids is 2. The smallest absolute Gasteiger partial charge is 0.177 e. The van der Waals surface area contributed by atoms with Crippen LogP contribution < -0.4 is 0 Å². The van der Waals surface area contributed by atoms with E-state index < -0.39 is 17.0 Å². The number of ketones is 2. The molecular formula is C15H14N2O2. The third kappa shape index (κ3) is 2.04. The van der Waals surface area contributed by atoms with Crippen molar-refractivity contribution in [1.29, 1.82) is 5.26 Å². The van der Waals surface area contributed by atoms with Crippen LogP contribution in [-0.4, -0.2) is 16.6 Å². The van der Waals surface area contributed by atoms with Gasteiger partial charge in [-0.05, 0) is 25.5 Å². The van der Waals surface area contributed by atoms with Gasteiger partial charge in [0.25, 0.3) is 0 Å². The lowest BCUT2D eigenvalue weighted by Gasteiger charge is -2.19. The zero-order chi connectivity index (χ0) is 14.0. The molecule has 1 aromatic carbocycles. The second-order valence-electron chi connectivity index (χ2n) is 4.67. The lowest BCUT2D eigenvalue weighted by atomic mass is 9.76. The summed E-state index contributed by atoms with van der Waals surface area (Å²) >= 11 is 0. The number of nitrogens with one attached hydrogen (secondary N) is 1. The molecule has 4 nitrogen and oxygen atoms in total. The molecule has 1 N–H and O–H groups in total. The number of carbonyl (C=O) groups is 2. The third-order valence-corrected chi connectivity index (χ3v) is 3.52. The Labute approximate surface area is 111 Å². The van der Waals surface area contributed by atoms with Gasteiger partial charge in [-0.1, -0.05) is 18.2 Å². The van der Waals surface area contributed by atoms with Crippen LogP contribution in [0.1, 0.15) is 19.4 Å². The van der Waals surface area contributed by atoms with Crippen molar-refractivity contribution in [2.75, 3.05) is 0 Å². The molecule has 0 aliphatic rings. The number of nitrogens with zero attached hydrogens (tertiary/aromatic N) is 1. The van der Waals surface area contributed by atoms with E-state index in [2.05, 4.69) is 4.98 Å². The molecule has 0 spiro atoms. The highest BCUT2D eigenvalue weighted by Gasteiger charge is 2.41. The van der Waals surface area contributed by atoms with Crippen LogP contribution in [0.15, 0.2) is 30.5 Å². The van der Waals surface area contributed by atoms with Gasteiger partial charge in [0, 0.05) is 23.5 Å². The highest BCUT2D eigenvalue weighted by atomic mass is 16.2. The Balaban J connectivity index is 2.52. The average molecular weight is 254 g/mol. The summed E-state index contributed by atoms with van der Waals surface area (Å²) in [6, 6.07) is 9.51. The fourth-order valence-corrected chi connectivity index (χ4v) is 2.26. The van der Waals surface area contributed by atoms with Gasteiger partial charge in [-0.3, -0.25) is 9.59 Å². The number of para-hydroxylation sites is 1. The lowest BCUT2D eigenvalue weighted by molar-refractivity contribution is -0.134. The van der Waals surface area contributed by atoms with Crippen LogP contribution in [-0.2, 0) is 16.0 Å². The number of aromatic amines is 1. The first-order chi connectivity index (χ1) is 9.01.